The Labute approximate surface area is 189 Å². The van der Waals surface area contributed by atoms with Gasteiger partial charge < -0.3 is 24.4 Å². The number of hydrogen-bond donors (Lipinski definition) is 1. The molecule has 0 bridgehead atoms. The second-order valence-electron chi connectivity index (χ2n) is 7.33. The number of esters is 1. The zero-order chi connectivity index (χ0) is 24.1. The average Bonchev–Trinajstić information content (AvgIpc) is 3.20. The Hall–Kier alpha value is -3.69. The Bertz CT molecular complexity index is 1040. The number of hydrogen-bond acceptors (Lipinski definition) is 6. The van der Waals surface area contributed by atoms with Crippen molar-refractivity contribution in [2.75, 3.05) is 31.0 Å². The predicted molar refractivity (Wildman–Crippen MR) is 116 cm³/mol. The van der Waals surface area contributed by atoms with Gasteiger partial charge in [0.05, 0.1) is 31.4 Å². The number of carbonyl (C=O) groups is 3. The summed E-state index contributed by atoms with van der Waals surface area (Å²) in [6.45, 7) is -0.984. The highest BCUT2D eigenvalue weighted by molar-refractivity contribution is 6.06. The van der Waals surface area contributed by atoms with Crippen LogP contribution in [0.15, 0.2) is 36.4 Å². The van der Waals surface area contributed by atoms with Gasteiger partial charge >= 0.3 is 12.6 Å². The number of carbonyl (C=O) groups excluding carboxylic acids is 3. The summed E-state index contributed by atoms with van der Waals surface area (Å²) < 4.78 is 39.8. The molecule has 0 radical (unpaired) electrons. The van der Waals surface area contributed by atoms with Gasteiger partial charge in [-0.1, -0.05) is 19.1 Å². The molecule has 1 fully saturated rings. The van der Waals surface area contributed by atoms with Crippen molar-refractivity contribution in [2.24, 2.45) is 5.92 Å². The van der Waals surface area contributed by atoms with Gasteiger partial charge in [0.15, 0.2) is 11.5 Å². The molecule has 1 aliphatic rings. The number of halogens is 2. The number of ether oxygens (including phenoxy) is 3. The van der Waals surface area contributed by atoms with Gasteiger partial charge in [0.1, 0.15) is 0 Å². The van der Waals surface area contributed by atoms with Crippen LogP contribution in [0.2, 0.25) is 0 Å². The highest BCUT2D eigenvalue weighted by Gasteiger charge is 2.35. The van der Waals surface area contributed by atoms with E-state index in [4.69, 9.17) is 9.47 Å². The van der Waals surface area contributed by atoms with Crippen LogP contribution in [0.25, 0.3) is 0 Å². The molecule has 1 N–H and O–H groups in total. The van der Waals surface area contributed by atoms with Crippen molar-refractivity contribution >= 4 is 29.2 Å². The topological polar surface area (TPSA) is 94.2 Å². The van der Waals surface area contributed by atoms with Gasteiger partial charge in [0, 0.05) is 30.8 Å². The molecule has 176 valence electrons. The normalized spacial score (nSPS) is 15.5. The van der Waals surface area contributed by atoms with Gasteiger partial charge in [0.25, 0.3) is 0 Å². The van der Waals surface area contributed by atoms with Crippen molar-refractivity contribution in [1.29, 1.82) is 0 Å². The number of nitrogens with zero attached hydrogens (tertiary/aromatic N) is 1. The summed E-state index contributed by atoms with van der Waals surface area (Å²) in [4.78, 5) is 39.2. The first-order chi connectivity index (χ1) is 15.8. The quantitative estimate of drug-likeness (QED) is 0.602. The van der Waals surface area contributed by atoms with E-state index in [1.807, 2.05) is 31.2 Å². The van der Waals surface area contributed by atoms with Crippen LogP contribution in [0.3, 0.4) is 0 Å². The molecule has 1 unspecified atom stereocenters. The zero-order valence-electron chi connectivity index (χ0n) is 18.4. The van der Waals surface area contributed by atoms with E-state index in [2.05, 4.69) is 10.1 Å². The number of anilines is 2. The van der Waals surface area contributed by atoms with E-state index in [9.17, 15) is 23.2 Å². The third kappa shape index (κ3) is 5.39. The van der Waals surface area contributed by atoms with Crippen LogP contribution >= 0.6 is 0 Å². The Morgan fingerprint density at radius 3 is 2.42 bits per heavy atom. The summed E-state index contributed by atoms with van der Waals surface area (Å²) in [6, 6.07) is 9.68. The molecule has 10 heteroatoms. The van der Waals surface area contributed by atoms with Crippen molar-refractivity contribution in [1.82, 2.24) is 0 Å². The number of rotatable bonds is 8. The van der Waals surface area contributed by atoms with E-state index in [0.717, 1.165) is 31.2 Å². The highest BCUT2D eigenvalue weighted by atomic mass is 19.3. The van der Waals surface area contributed by atoms with E-state index in [-0.39, 0.29) is 41.6 Å². The minimum absolute atomic E-state index is 0.0362. The summed E-state index contributed by atoms with van der Waals surface area (Å²) in [6.07, 6.45) is 0.826. The summed E-state index contributed by atoms with van der Waals surface area (Å²) in [5.41, 5.74) is 1.60. The van der Waals surface area contributed by atoms with Crippen LogP contribution < -0.4 is 19.7 Å². The van der Waals surface area contributed by atoms with Crippen molar-refractivity contribution in [3.63, 3.8) is 0 Å². The van der Waals surface area contributed by atoms with Gasteiger partial charge in [-0.05, 0) is 24.1 Å². The molecule has 2 aromatic rings. The number of methoxy groups -OCH3 is 2. The van der Waals surface area contributed by atoms with Crippen molar-refractivity contribution < 1.29 is 37.4 Å². The number of amides is 2. The minimum atomic E-state index is -3.15. The third-order valence-electron chi connectivity index (χ3n) is 5.34. The number of benzene rings is 2. The van der Waals surface area contributed by atoms with Gasteiger partial charge in [-0.3, -0.25) is 9.59 Å². The molecule has 8 nitrogen and oxygen atoms in total. The molecule has 1 saturated heterocycles. The SMILES string of the molecule is CCc1ccc(N2CC(C(=O)Nc3cc(OC(F)F)c(OC)cc3C(=O)OC)CC2=O)cc1. The van der Waals surface area contributed by atoms with Gasteiger partial charge in [-0.2, -0.15) is 8.78 Å². The fourth-order valence-electron chi connectivity index (χ4n) is 3.57. The van der Waals surface area contributed by atoms with E-state index in [1.54, 1.807) is 0 Å². The summed E-state index contributed by atoms with van der Waals surface area (Å²) >= 11 is 0. The van der Waals surface area contributed by atoms with Gasteiger partial charge in [-0.15, -0.1) is 0 Å². The Morgan fingerprint density at radius 2 is 1.85 bits per heavy atom. The number of alkyl halides is 2. The monoisotopic (exact) mass is 462 g/mol. The van der Waals surface area contributed by atoms with Crippen LogP contribution in [0.5, 0.6) is 11.5 Å². The number of nitrogens with one attached hydrogen (secondary N) is 1. The summed E-state index contributed by atoms with van der Waals surface area (Å²) in [5, 5.41) is 2.54. The van der Waals surface area contributed by atoms with E-state index >= 15 is 0 Å². The van der Waals surface area contributed by atoms with E-state index in [0.29, 0.717) is 5.69 Å². The summed E-state index contributed by atoms with van der Waals surface area (Å²) in [5.74, 6) is -2.79. The van der Waals surface area contributed by atoms with E-state index in [1.165, 1.54) is 12.0 Å². The zero-order valence-corrected chi connectivity index (χ0v) is 18.4. The molecule has 1 atom stereocenters. The Kier molecular flexibility index (Phi) is 7.47. The molecule has 0 saturated carbocycles. The van der Waals surface area contributed by atoms with Gasteiger partial charge in [-0.25, -0.2) is 4.79 Å². The van der Waals surface area contributed by atoms with Crippen molar-refractivity contribution in [3.8, 4) is 11.5 Å². The molecule has 2 aromatic carbocycles. The third-order valence-corrected chi connectivity index (χ3v) is 5.34. The van der Waals surface area contributed by atoms with Crippen molar-refractivity contribution in [3.05, 3.63) is 47.5 Å². The van der Waals surface area contributed by atoms with Crippen LogP contribution in [-0.2, 0) is 20.7 Å². The van der Waals surface area contributed by atoms with Crippen molar-refractivity contribution in [2.45, 2.75) is 26.4 Å². The Balaban J connectivity index is 1.83. The molecule has 1 aliphatic heterocycles. The first-order valence-corrected chi connectivity index (χ1v) is 10.2. The first-order valence-electron chi connectivity index (χ1n) is 10.2. The first kappa shape index (κ1) is 24.0. The molecule has 0 aliphatic carbocycles. The molecule has 0 aromatic heterocycles. The minimum Gasteiger partial charge on any atom is -0.493 e. The smallest absolute Gasteiger partial charge is 0.387 e. The molecular weight excluding hydrogens is 438 g/mol. The van der Waals surface area contributed by atoms with Crippen LogP contribution in [0.1, 0.15) is 29.3 Å². The lowest BCUT2D eigenvalue weighted by Crippen LogP contribution is -2.28. The van der Waals surface area contributed by atoms with E-state index < -0.39 is 24.4 Å². The maximum atomic E-state index is 12.9. The second-order valence-corrected chi connectivity index (χ2v) is 7.33. The highest BCUT2D eigenvalue weighted by Crippen LogP contribution is 2.36. The fraction of sp³-hybridized carbons (Fsp3) is 0.348. The van der Waals surface area contributed by atoms with Crippen LogP contribution in [-0.4, -0.2) is 45.2 Å². The molecule has 1 heterocycles. The van der Waals surface area contributed by atoms with Gasteiger partial charge in [0.2, 0.25) is 11.8 Å². The molecule has 0 spiro atoms. The average molecular weight is 462 g/mol. The maximum absolute atomic E-state index is 12.9. The lowest BCUT2D eigenvalue weighted by molar-refractivity contribution is -0.122. The second kappa shape index (κ2) is 10.3. The predicted octanol–water partition coefficient (Wildman–Crippen LogP) is 3.64. The molecule has 2 amide bonds. The Morgan fingerprint density at radius 1 is 1.15 bits per heavy atom. The van der Waals surface area contributed by atoms with Crippen LogP contribution in [0.4, 0.5) is 20.2 Å². The standard InChI is InChI=1S/C23H24F2N2O6/c1-4-13-5-7-15(8-6-13)27-12-14(9-20(27)28)21(29)26-17-11-19(33-23(24)25)18(31-2)10-16(17)22(30)32-3/h5-8,10-11,14,23H,4,9,12H2,1-3H3,(H,26,29). The molecule has 3 rings (SSSR count). The van der Waals surface area contributed by atoms with Crippen LogP contribution in [0, 0.1) is 5.92 Å². The maximum Gasteiger partial charge on any atom is 0.387 e. The molecular formula is C23H24F2N2O6. The largest absolute Gasteiger partial charge is 0.493 e. The molecule has 33 heavy (non-hydrogen) atoms. The number of aryl methyl sites for hydroxylation is 1. The lowest BCUT2D eigenvalue weighted by Gasteiger charge is -2.18. The fourth-order valence-corrected chi connectivity index (χ4v) is 3.57. The lowest BCUT2D eigenvalue weighted by atomic mass is 10.1. The summed E-state index contributed by atoms with van der Waals surface area (Å²) in [7, 11) is 2.36.